The number of benzene rings is 2. The van der Waals surface area contributed by atoms with Gasteiger partial charge in [-0.05, 0) is 49.7 Å². The number of carbonyl (C=O) groups is 3. The van der Waals surface area contributed by atoms with E-state index in [2.05, 4.69) is 15.6 Å². The van der Waals surface area contributed by atoms with Crippen LogP contribution in [0.15, 0.2) is 46.8 Å². The fourth-order valence-corrected chi connectivity index (χ4v) is 5.38. The van der Waals surface area contributed by atoms with Crippen molar-refractivity contribution in [3.8, 4) is 0 Å². The SMILES string of the molecule is CCN(CC)C(=O)CSc1nc2ccc(NC(=O)C(Cc3ccc(F)cc3)NC(C)=O)cc2s1. The lowest BCUT2D eigenvalue weighted by molar-refractivity contribution is -0.128. The molecule has 7 nitrogen and oxygen atoms in total. The van der Waals surface area contributed by atoms with Gasteiger partial charge in [0.25, 0.3) is 0 Å². The number of halogens is 1. The number of amides is 3. The summed E-state index contributed by atoms with van der Waals surface area (Å²) in [4.78, 5) is 43.1. The van der Waals surface area contributed by atoms with Gasteiger partial charge in [-0.2, -0.15) is 0 Å². The summed E-state index contributed by atoms with van der Waals surface area (Å²) in [5, 5.41) is 5.50. The van der Waals surface area contributed by atoms with E-state index in [0.29, 0.717) is 24.5 Å². The highest BCUT2D eigenvalue weighted by molar-refractivity contribution is 8.01. The third-order valence-electron chi connectivity index (χ3n) is 5.12. The number of hydrogen-bond acceptors (Lipinski definition) is 6. The highest BCUT2D eigenvalue weighted by Crippen LogP contribution is 2.31. The molecule has 180 valence electrons. The van der Waals surface area contributed by atoms with Gasteiger partial charge in [0.15, 0.2) is 4.34 Å². The van der Waals surface area contributed by atoms with Crippen LogP contribution in [-0.2, 0) is 20.8 Å². The first-order valence-electron chi connectivity index (χ1n) is 10.9. The lowest BCUT2D eigenvalue weighted by Crippen LogP contribution is -2.44. The first-order chi connectivity index (χ1) is 16.3. The van der Waals surface area contributed by atoms with Gasteiger partial charge < -0.3 is 15.5 Å². The quantitative estimate of drug-likeness (QED) is 0.408. The summed E-state index contributed by atoms with van der Waals surface area (Å²) >= 11 is 2.86. The Labute approximate surface area is 206 Å². The van der Waals surface area contributed by atoms with Crippen molar-refractivity contribution in [2.75, 3.05) is 24.2 Å². The molecule has 0 bridgehead atoms. The van der Waals surface area contributed by atoms with Gasteiger partial charge in [0.1, 0.15) is 11.9 Å². The van der Waals surface area contributed by atoms with E-state index in [4.69, 9.17) is 0 Å². The molecule has 0 saturated heterocycles. The molecule has 34 heavy (non-hydrogen) atoms. The molecule has 3 amide bonds. The maximum absolute atomic E-state index is 13.2. The van der Waals surface area contributed by atoms with E-state index < -0.39 is 6.04 Å². The molecule has 0 radical (unpaired) electrons. The molecule has 2 N–H and O–H groups in total. The second-order valence-electron chi connectivity index (χ2n) is 7.59. The summed E-state index contributed by atoms with van der Waals surface area (Å²) in [6.45, 7) is 6.61. The molecule has 2 aromatic carbocycles. The van der Waals surface area contributed by atoms with Crippen LogP contribution in [-0.4, -0.2) is 52.5 Å². The fraction of sp³-hybridized carbons (Fsp3) is 0.333. The summed E-state index contributed by atoms with van der Waals surface area (Å²) in [6.07, 6.45) is 0.232. The Morgan fingerprint density at radius 2 is 1.82 bits per heavy atom. The highest BCUT2D eigenvalue weighted by atomic mass is 32.2. The monoisotopic (exact) mass is 502 g/mol. The molecular weight excluding hydrogens is 475 g/mol. The molecule has 0 fully saturated rings. The van der Waals surface area contributed by atoms with Crippen LogP contribution in [0.4, 0.5) is 10.1 Å². The van der Waals surface area contributed by atoms with Gasteiger partial charge in [-0.3, -0.25) is 14.4 Å². The van der Waals surface area contributed by atoms with Crippen molar-refractivity contribution >= 4 is 56.7 Å². The topological polar surface area (TPSA) is 91.4 Å². The van der Waals surface area contributed by atoms with Crippen molar-refractivity contribution in [3.63, 3.8) is 0 Å². The largest absolute Gasteiger partial charge is 0.344 e. The van der Waals surface area contributed by atoms with Gasteiger partial charge in [-0.1, -0.05) is 23.9 Å². The number of nitrogens with one attached hydrogen (secondary N) is 2. The number of thioether (sulfide) groups is 1. The molecule has 10 heteroatoms. The lowest BCUT2D eigenvalue weighted by atomic mass is 10.0. The third-order valence-corrected chi connectivity index (χ3v) is 7.26. The first-order valence-corrected chi connectivity index (χ1v) is 12.7. The van der Waals surface area contributed by atoms with Crippen molar-refractivity contribution < 1.29 is 18.8 Å². The fourth-order valence-electron chi connectivity index (χ4n) is 3.37. The number of anilines is 1. The predicted octanol–water partition coefficient (Wildman–Crippen LogP) is 4.08. The van der Waals surface area contributed by atoms with Gasteiger partial charge in [0, 0.05) is 32.1 Å². The van der Waals surface area contributed by atoms with E-state index in [9.17, 15) is 18.8 Å². The van der Waals surface area contributed by atoms with Crippen molar-refractivity contribution in [1.29, 1.82) is 0 Å². The number of nitrogens with zero attached hydrogens (tertiary/aromatic N) is 2. The van der Waals surface area contributed by atoms with Crippen molar-refractivity contribution in [1.82, 2.24) is 15.2 Å². The highest BCUT2D eigenvalue weighted by Gasteiger charge is 2.21. The molecule has 0 aliphatic carbocycles. The summed E-state index contributed by atoms with van der Waals surface area (Å²) in [5.41, 5.74) is 2.09. The predicted molar refractivity (Wildman–Crippen MR) is 135 cm³/mol. The van der Waals surface area contributed by atoms with Gasteiger partial charge in [-0.15, -0.1) is 11.3 Å². The zero-order chi connectivity index (χ0) is 24.7. The van der Waals surface area contributed by atoms with E-state index in [1.165, 1.54) is 42.2 Å². The maximum atomic E-state index is 13.2. The summed E-state index contributed by atoms with van der Waals surface area (Å²) in [7, 11) is 0. The normalized spacial score (nSPS) is 11.8. The molecule has 3 aromatic rings. The zero-order valence-corrected chi connectivity index (χ0v) is 20.9. The molecule has 3 rings (SSSR count). The van der Waals surface area contributed by atoms with Crippen LogP contribution in [0.2, 0.25) is 0 Å². The zero-order valence-electron chi connectivity index (χ0n) is 19.3. The van der Waals surface area contributed by atoms with E-state index in [1.54, 1.807) is 23.1 Å². The van der Waals surface area contributed by atoms with E-state index >= 15 is 0 Å². The van der Waals surface area contributed by atoms with Crippen molar-refractivity contribution in [3.05, 3.63) is 53.8 Å². The molecule has 0 aliphatic heterocycles. The average molecular weight is 503 g/mol. The van der Waals surface area contributed by atoms with E-state index in [-0.39, 0.29) is 30.0 Å². The van der Waals surface area contributed by atoms with Crippen LogP contribution in [0.1, 0.15) is 26.3 Å². The minimum absolute atomic E-state index is 0.0763. The Morgan fingerprint density at radius 1 is 1.12 bits per heavy atom. The lowest BCUT2D eigenvalue weighted by Gasteiger charge is -2.18. The van der Waals surface area contributed by atoms with Crippen LogP contribution in [0.25, 0.3) is 10.2 Å². The summed E-state index contributed by atoms with van der Waals surface area (Å²) in [5.74, 6) is -0.666. The molecule has 1 unspecified atom stereocenters. The molecule has 0 aliphatic rings. The number of hydrogen-bond donors (Lipinski definition) is 2. The van der Waals surface area contributed by atoms with Crippen LogP contribution >= 0.6 is 23.1 Å². The Hall–Kier alpha value is -2.98. The number of aromatic nitrogens is 1. The summed E-state index contributed by atoms with van der Waals surface area (Å²) < 4.78 is 14.9. The van der Waals surface area contributed by atoms with Gasteiger partial charge in [0.2, 0.25) is 17.7 Å². The Morgan fingerprint density at radius 3 is 2.47 bits per heavy atom. The smallest absolute Gasteiger partial charge is 0.247 e. The van der Waals surface area contributed by atoms with Gasteiger partial charge in [-0.25, -0.2) is 9.37 Å². The van der Waals surface area contributed by atoms with Crippen LogP contribution in [0.3, 0.4) is 0 Å². The number of rotatable bonds is 10. The number of carbonyl (C=O) groups excluding carboxylic acids is 3. The minimum atomic E-state index is -0.808. The Bertz CT molecular complexity index is 1160. The number of fused-ring (bicyclic) bond motifs is 1. The molecule has 1 aromatic heterocycles. The Balaban J connectivity index is 1.68. The van der Waals surface area contributed by atoms with Crippen LogP contribution < -0.4 is 10.6 Å². The Kier molecular flexibility index (Phi) is 9.00. The second kappa shape index (κ2) is 11.9. The van der Waals surface area contributed by atoms with E-state index in [1.807, 2.05) is 26.0 Å². The standard InChI is InChI=1S/C24H27FN4O3S2/c1-4-29(5-2)22(31)14-33-24-28-19-11-10-18(13-21(19)34-24)27-23(32)20(26-15(3)30)12-16-6-8-17(25)9-7-16/h6-11,13,20H,4-5,12,14H2,1-3H3,(H,26,30)(H,27,32). The molecule has 0 saturated carbocycles. The third kappa shape index (κ3) is 7.01. The second-order valence-corrected chi connectivity index (χ2v) is 9.84. The summed E-state index contributed by atoms with van der Waals surface area (Å²) in [6, 6.07) is 10.4. The van der Waals surface area contributed by atoms with Gasteiger partial charge >= 0.3 is 0 Å². The van der Waals surface area contributed by atoms with Crippen LogP contribution in [0, 0.1) is 5.82 Å². The van der Waals surface area contributed by atoms with Crippen molar-refractivity contribution in [2.45, 2.75) is 37.6 Å². The van der Waals surface area contributed by atoms with Crippen LogP contribution in [0.5, 0.6) is 0 Å². The van der Waals surface area contributed by atoms with Crippen molar-refractivity contribution in [2.24, 2.45) is 0 Å². The number of thiazole rings is 1. The molecular formula is C24H27FN4O3S2. The molecule has 1 atom stereocenters. The minimum Gasteiger partial charge on any atom is -0.344 e. The molecule has 0 spiro atoms. The molecule has 1 heterocycles. The first kappa shape index (κ1) is 25.6. The van der Waals surface area contributed by atoms with Gasteiger partial charge in [0.05, 0.1) is 16.0 Å². The average Bonchev–Trinajstić information content (AvgIpc) is 3.21. The maximum Gasteiger partial charge on any atom is 0.247 e. The van der Waals surface area contributed by atoms with E-state index in [0.717, 1.165) is 20.1 Å².